The van der Waals surface area contributed by atoms with Gasteiger partial charge in [0, 0.05) is 51.6 Å². The summed E-state index contributed by atoms with van der Waals surface area (Å²) >= 11 is 5.04. The Hall–Kier alpha value is -10.8. The van der Waals surface area contributed by atoms with Crippen LogP contribution >= 0.6 is 35.3 Å². The van der Waals surface area contributed by atoms with Crippen molar-refractivity contribution in [3.63, 3.8) is 0 Å². The second kappa shape index (κ2) is 39.6. The lowest BCUT2D eigenvalue weighted by Crippen LogP contribution is -2.81. The lowest BCUT2D eigenvalue weighted by Gasteiger charge is -2.44. The van der Waals surface area contributed by atoms with Crippen molar-refractivity contribution in [2.75, 3.05) is 12.9 Å². The molecule has 0 spiro atoms. The van der Waals surface area contributed by atoms with Gasteiger partial charge in [0.15, 0.2) is 108 Å². The van der Waals surface area contributed by atoms with E-state index >= 15 is 35.1 Å². The molecule has 0 saturated heterocycles. The molecule has 118 heavy (non-hydrogen) atoms. The molecular weight excluding hydrogens is 1690 g/mol. The van der Waals surface area contributed by atoms with Gasteiger partial charge in [0.1, 0.15) is 64.5 Å². The molecule has 0 N–H and O–H groups in total. The van der Waals surface area contributed by atoms with Crippen LogP contribution in [0.2, 0.25) is 0 Å². The molecule has 0 aliphatic carbocycles. The first kappa shape index (κ1) is 91.1. The van der Waals surface area contributed by atoms with E-state index in [4.69, 9.17) is 10.00 Å². The first-order chi connectivity index (χ1) is 55.9. The monoisotopic (exact) mass is 1740 g/mol. The fraction of sp³-hybridized carbons (Fsp3) is 0.145. The average molecular weight is 1750 g/mol. The Balaban J connectivity index is 0.000000214. The molecule has 0 fully saturated rings. The Bertz CT molecular complexity index is 5160. The highest BCUT2D eigenvalue weighted by atomic mass is 32.2. The number of ketones is 3. The summed E-state index contributed by atoms with van der Waals surface area (Å²) in [5.74, 6) is -70.7. The van der Waals surface area contributed by atoms with Crippen LogP contribution in [0.1, 0.15) is 103 Å². The van der Waals surface area contributed by atoms with Gasteiger partial charge >= 0.3 is 10.1 Å². The van der Waals surface area contributed by atoms with Gasteiger partial charge in [0.25, 0.3) is 0 Å². The van der Waals surface area contributed by atoms with Crippen molar-refractivity contribution < 1.29 is 120 Å². The Kier molecular flexibility index (Phi) is 30.6. The number of nitriles is 1. The van der Waals surface area contributed by atoms with E-state index in [0.717, 1.165) is 55.1 Å². The minimum atomic E-state index is -7.22. The normalized spacial score (nSPS) is 11.6. The van der Waals surface area contributed by atoms with E-state index < -0.39 is 154 Å². The number of nitrogens with zero attached hydrogens (tertiary/aromatic N) is 2. The van der Waals surface area contributed by atoms with Crippen LogP contribution in [0.25, 0.3) is 0 Å². The van der Waals surface area contributed by atoms with Crippen LogP contribution < -0.4 is 26.6 Å². The molecule has 11 aromatic rings. The Morgan fingerprint density at radius 2 is 0.585 bits per heavy atom. The van der Waals surface area contributed by atoms with Gasteiger partial charge in [-0.25, -0.2) is 87.8 Å². The number of carbonyl (C=O) groups is 3. The van der Waals surface area contributed by atoms with Crippen LogP contribution in [0.5, 0.6) is 5.75 Å². The zero-order chi connectivity index (χ0) is 86.5. The highest BCUT2D eigenvalue weighted by Crippen LogP contribution is 2.39. The Morgan fingerprint density at radius 3 is 0.822 bits per heavy atom. The number of hydrogen-bond donors (Lipinski definition) is 0. The van der Waals surface area contributed by atoms with Crippen molar-refractivity contribution in [2.24, 2.45) is 5.16 Å². The summed E-state index contributed by atoms with van der Waals surface area (Å²) in [4.78, 5) is 45.4. The molecule has 0 atom stereocenters. The minimum Gasteiger partial charge on any atom is -0.497 e. The maximum absolute atomic E-state index is 15.4. The van der Waals surface area contributed by atoms with Gasteiger partial charge in [0.05, 0.1) is 23.8 Å². The standard InChI is InChI=1S/C42H33O3S4.C24BF20.C17H24N2O4S/c1-28(43)31-4-10-34(11-5-31)46-37-16-22-40(23-17-37)49(41-24-18-38(19-25-41)47-35-12-6-32(7-13-35)29(2)44)42-26-20-39(21-27-42)48-36-14-8-33(9-15-36)30(3)45;26-5-1(6(27)14(35)21(42)13(5)34)25(2-7(28)15(36)22(43)16(37)8(2)29,3-9(30)17(38)23(44)18(39)10(3)31)4-11(32)19(40)24(45)20(41)12(4)33;1-3-4-5-6-7-8-13-24(20,21)23-19-17(14-18)15-9-11-16(22-2)12-10-15/h4-27H,1-3H3;;9-12H,3-8,13H2,1-2H3/q+1;-1;/b;;19-17+. The van der Waals surface area contributed by atoms with E-state index in [1.807, 2.05) is 78.9 Å². The third kappa shape index (κ3) is 20.1. The number of benzene rings is 11. The fourth-order valence-corrected chi connectivity index (χ4v) is 17.3. The topological polar surface area (TPSA) is 140 Å². The molecule has 0 aromatic heterocycles. The predicted octanol–water partition coefficient (Wildman–Crippen LogP) is 21.3. The van der Waals surface area contributed by atoms with Gasteiger partial charge in [-0.05, 0) is 161 Å². The van der Waals surface area contributed by atoms with Crippen LogP contribution in [0.15, 0.2) is 219 Å². The van der Waals surface area contributed by atoms with E-state index in [1.54, 1.807) is 80.3 Å². The van der Waals surface area contributed by atoms with Crippen molar-refractivity contribution in [1.29, 1.82) is 5.26 Å². The quantitative estimate of drug-likeness (QED) is 0.00559. The lowest BCUT2D eigenvalue weighted by molar-refractivity contribution is 0.100. The van der Waals surface area contributed by atoms with Crippen LogP contribution in [0.3, 0.4) is 0 Å². The molecule has 0 aliphatic heterocycles. The number of oxime groups is 1. The first-order valence-electron chi connectivity index (χ1n) is 34.6. The largest absolute Gasteiger partial charge is 0.497 e. The lowest BCUT2D eigenvalue weighted by atomic mass is 9.12. The third-order valence-corrected chi connectivity index (χ3v) is 24.2. The van der Waals surface area contributed by atoms with Gasteiger partial charge in [-0.1, -0.05) is 116 Å². The van der Waals surface area contributed by atoms with E-state index in [0.29, 0.717) is 34.4 Å². The molecule has 614 valence electrons. The van der Waals surface area contributed by atoms with E-state index in [1.165, 1.54) is 28.2 Å². The fourth-order valence-electron chi connectivity index (χ4n) is 12.0. The SMILES string of the molecule is CC(=O)c1ccc(Sc2ccc([S+](c3ccc(Sc4ccc(C(C)=O)cc4)cc3)c3ccc(Sc4ccc(C(C)=O)cc4)cc3)cc2)cc1.CCCCCCCCS(=O)(=O)O/N=C(\C#N)c1ccc(OC)cc1.Fc1c(F)c(F)c([B-](c2c(F)c(F)c(F)c(F)c2F)(c2c(F)c(F)c(F)c(F)c2F)c2c(F)c(F)c(F)c(F)c2F)c(F)c1F. The summed E-state index contributed by atoms with van der Waals surface area (Å²) in [6.07, 6.45) is -1.39. The van der Waals surface area contributed by atoms with Gasteiger partial charge in [-0.15, -0.1) is 21.9 Å². The van der Waals surface area contributed by atoms with Crippen molar-refractivity contribution in [1.82, 2.24) is 0 Å². The molecule has 0 bridgehead atoms. The average Bonchev–Trinajstić information content (AvgIpc) is 0.680. The Morgan fingerprint density at radius 1 is 0.356 bits per heavy atom. The Labute approximate surface area is 676 Å². The van der Waals surface area contributed by atoms with Crippen LogP contribution in [0, 0.1) is 128 Å². The number of ether oxygens (including phenoxy) is 1. The van der Waals surface area contributed by atoms with Crippen molar-refractivity contribution in [2.45, 2.75) is 110 Å². The highest BCUT2D eigenvalue weighted by molar-refractivity contribution is 8.00. The minimum absolute atomic E-state index is 0.0674. The van der Waals surface area contributed by atoms with Crippen molar-refractivity contribution in [3.8, 4) is 11.8 Å². The highest BCUT2D eigenvalue weighted by Gasteiger charge is 2.52. The molecule has 35 heteroatoms. The van der Waals surface area contributed by atoms with E-state index in [2.05, 4.69) is 89.2 Å². The molecule has 0 amide bonds. The second-order valence-electron chi connectivity index (χ2n) is 25.5. The number of halogens is 20. The van der Waals surface area contributed by atoms with Gasteiger partial charge in [-0.2, -0.15) is 13.7 Å². The summed E-state index contributed by atoms with van der Waals surface area (Å²) in [5.41, 5.74) is -11.8. The molecule has 0 unspecified atom stereocenters. The molecular formula is C83H57BF20N2O7S5. The maximum atomic E-state index is 15.4. The summed E-state index contributed by atoms with van der Waals surface area (Å²) in [5, 5.41) is 12.6. The third-order valence-electron chi connectivity index (χ3n) is 17.8. The van der Waals surface area contributed by atoms with E-state index in [-0.39, 0.29) is 39.7 Å². The number of methoxy groups -OCH3 is 1. The van der Waals surface area contributed by atoms with Gasteiger partial charge in [0.2, 0.25) is 0 Å². The maximum Gasteiger partial charge on any atom is 0.328 e. The smallest absolute Gasteiger partial charge is 0.328 e. The zero-order valence-electron chi connectivity index (χ0n) is 61.5. The van der Waals surface area contributed by atoms with E-state index in [9.17, 15) is 75.5 Å². The molecule has 0 aliphatic rings. The zero-order valence-corrected chi connectivity index (χ0v) is 65.6. The number of unbranched alkanes of at least 4 members (excludes halogenated alkanes) is 5. The van der Waals surface area contributed by atoms with Crippen LogP contribution in [-0.4, -0.2) is 50.5 Å². The van der Waals surface area contributed by atoms with Crippen molar-refractivity contribution >= 4 is 107 Å². The molecule has 0 heterocycles. The first-order valence-corrected chi connectivity index (χ1v) is 39.9. The van der Waals surface area contributed by atoms with Crippen LogP contribution in [0.4, 0.5) is 87.8 Å². The van der Waals surface area contributed by atoms with Gasteiger partial charge < -0.3 is 4.74 Å². The molecule has 11 rings (SSSR count). The summed E-state index contributed by atoms with van der Waals surface area (Å²) in [6.45, 7) is 6.88. The summed E-state index contributed by atoms with van der Waals surface area (Å²) < 4.78 is 327. The molecule has 11 aromatic carbocycles. The number of rotatable bonds is 27. The van der Waals surface area contributed by atoms with Crippen molar-refractivity contribution in [3.05, 3.63) is 308 Å². The number of carbonyl (C=O) groups excluding carboxylic acids is 3. The number of Topliss-reactive ketones (excluding diaryl/α,β-unsaturated/α-hetero) is 3. The predicted molar refractivity (Wildman–Crippen MR) is 406 cm³/mol. The molecule has 9 nitrogen and oxygen atoms in total. The van der Waals surface area contributed by atoms with Gasteiger partial charge in [-0.3, -0.25) is 18.7 Å². The molecule has 0 saturated carbocycles. The summed E-state index contributed by atoms with van der Waals surface area (Å²) in [6, 6.07) is 57.9. The second-order valence-corrected chi connectivity index (χ2v) is 32.6. The number of hydrogen-bond acceptors (Lipinski definition) is 12. The summed E-state index contributed by atoms with van der Waals surface area (Å²) in [7, 11) is -2.57. The molecule has 0 radical (unpaired) electrons. The van der Waals surface area contributed by atoms with Crippen LogP contribution in [-0.2, 0) is 25.3 Å².